The minimum Gasteiger partial charge on any atom is -0.497 e. The van der Waals surface area contributed by atoms with Crippen molar-refractivity contribution in [1.82, 2.24) is 4.90 Å². The average molecular weight is 369 g/mol. The van der Waals surface area contributed by atoms with Crippen molar-refractivity contribution < 1.29 is 28.7 Å². The Hall–Kier alpha value is -2.96. The fraction of sp³-hybridized carbons (Fsp3) is 0.400. The number of methoxy groups -OCH3 is 1. The molecule has 0 aromatic heterocycles. The Morgan fingerprint density at radius 1 is 1.11 bits per heavy atom. The largest absolute Gasteiger partial charge is 0.497 e. The molecular formula is C20H19NO6. The van der Waals surface area contributed by atoms with Gasteiger partial charge in [0, 0.05) is 5.56 Å². The number of hydrogen-bond acceptors (Lipinski definition) is 6. The maximum absolute atomic E-state index is 12.5. The van der Waals surface area contributed by atoms with Crippen molar-refractivity contribution in [1.29, 1.82) is 0 Å². The fourth-order valence-corrected chi connectivity index (χ4v) is 4.32. The molecule has 0 radical (unpaired) electrons. The molecule has 2 aliphatic carbocycles. The summed E-state index contributed by atoms with van der Waals surface area (Å²) in [6.45, 7) is -0.905. The van der Waals surface area contributed by atoms with Crippen LogP contribution in [0.1, 0.15) is 16.8 Å². The molecule has 1 saturated carbocycles. The van der Waals surface area contributed by atoms with Crippen molar-refractivity contribution in [2.75, 3.05) is 20.3 Å². The maximum Gasteiger partial charge on any atom is 0.326 e. The summed E-state index contributed by atoms with van der Waals surface area (Å²) in [5.41, 5.74) is 0.354. The van der Waals surface area contributed by atoms with Gasteiger partial charge in [-0.2, -0.15) is 0 Å². The van der Waals surface area contributed by atoms with Crippen molar-refractivity contribution >= 4 is 23.6 Å². The van der Waals surface area contributed by atoms with Crippen LogP contribution >= 0.6 is 0 Å². The van der Waals surface area contributed by atoms with E-state index in [-0.39, 0.29) is 41.3 Å². The highest BCUT2D eigenvalue weighted by Crippen LogP contribution is 2.52. The van der Waals surface area contributed by atoms with Gasteiger partial charge in [-0.3, -0.25) is 24.1 Å². The highest BCUT2D eigenvalue weighted by atomic mass is 16.5. The molecule has 140 valence electrons. The summed E-state index contributed by atoms with van der Waals surface area (Å²) in [7, 11) is 1.49. The molecule has 1 aliphatic heterocycles. The predicted molar refractivity (Wildman–Crippen MR) is 92.7 cm³/mol. The van der Waals surface area contributed by atoms with E-state index >= 15 is 0 Å². The number of carbonyl (C=O) groups excluding carboxylic acids is 4. The lowest BCUT2D eigenvalue weighted by Gasteiger charge is -2.16. The molecular weight excluding hydrogens is 350 g/mol. The van der Waals surface area contributed by atoms with Crippen molar-refractivity contribution in [3.63, 3.8) is 0 Å². The number of amides is 2. The van der Waals surface area contributed by atoms with Gasteiger partial charge in [0.15, 0.2) is 12.4 Å². The second-order valence-electron chi connectivity index (χ2n) is 7.08. The van der Waals surface area contributed by atoms with Gasteiger partial charge in [-0.05, 0) is 30.4 Å². The third-order valence-electron chi connectivity index (χ3n) is 5.60. The quantitative estimate of drug-likeness (QED) is 0.324. The van der Waals surface area contributed by atoms with Crippen molar-refractivity contribution in [3.8, 4) is 5.75 Å². The summed E-state index contributed by atoms with van der Waals surface area (Å²) >= 11 is 0. The highest BCUT2D eigenvalue weighted by molar-refractivity contribution is 6.08. The third-order valence-corrected chi connectivity index (χ3v) is 5.60. The number of benzene rings is 1. The van der Waals surface area contributed by atoms with Crippen LogP contribution in [0.15, 0.2) is 36.4 Å². The van der Waals surface area contributed by atoms with E-state index in [1.54, 1.807) is 24.3 Å². The standard InChI is InChI=1S/C20H19NO6/c1-26-14-4-2-3-11(8-14)15(22)10-27-16(23)9-21-19(24)17-12-5-6-13(7-12)18(17)20(21)25/h2-6,8,12-13,17-18H,7,9-10H2,1H3/t12-,13-,17-,18-/m0/s1. The number of ketones is 1. The van der Waals surface area contributed by atoms with Crippen LogP contribution in [0.3, 0.4) is 0 Å². The van der Waals surface area contributed by atoms with Gasteiger partial charge >= 0.3 is 5.97 Å². The Kier molecular flexibility index (Phi) is 4.30. The fourth-order valence-electron chi connectivity index (χ4n) is 4.32. The summed E-state index contributed by atoms with van der Waals surface area (Å²) in [4.78, 5) is 50.3. The highest BCUT2D eigenvalue weighted by Gasteiger charge is 2.59. The zero-order chi connectivity index (χ0) is 19.1. The first-order chi connectivity index (χ1) is 13.0. The monoisotopic (exact) mass is 369 g/mol. The summed E-state index contributed by atoms with van der Waals surface area (Å²) < 4.78 is 10.0. The molecule has 7 nitrogen and oxygen atoms in total. The van der Waals surface area contributed by atoms with E-state index in [1.165, 1.54) is 7.11 Å². The first-order valence-corrected chi connectivity index (χ1v) is 8.86. The number of carbonyl (C=O) groups is 4. The second-order valence-corrected chi connectivity index (χ2v) is 7.08. The van der Waals surface area contributed by atoms with Crippen LogP contribution < -0.4 is 4.74 Å². The molecule has 0 N–H and O–H groups in total. The molecule has 1 aromatic carbocycles. The van der Waals surface area contributed by atoms with Gasteiger partial charge in [-0.1, -0.05) is 24.3 Å². The minimum atomic E-state index is -0.770. The summed E-state index contributed by atoms with van der Waals surface area (Å²) in [6, 6.07) is 6.51. The Labute approximate surface area is 155 Å². The van der Waals surface area contributed by atoms with Crippen LogP contribution in [-0.2, 0) is 19.1 Å². The second kappa shape index (κ2) is 6.64. The van der Waals surface area contributed by atoms with Crippen LogP contribution in [0.2, 0.25) is 0 Å². The van der Waals surface area contributed by atoms with Crippen molar-refractivity contribution in [2.45, 2.75) is 6.42 Å². The lowest BCUT2D eigenvalue weighted by Crippen LogP contribution is -2.38. The third kappa shape index (κ3) is 2.93. The van der Waals surface area contributed by atoms with E-state index < -0.39 is 19.1 Å². The summed E-state index contributed by atoms with van der Waals surface area (Å²) in [6.07, 6.45) is 4.82. The Morgan fingerprint density at radius 3 is 2.41 bits per heavy atom. The molecule has 3 aliphatic rings. The normalized spacial score (nSPS) is 27.8. The van der Waals surface area contributed by atoms with Gasteiger partial charge in [0.2, 0.25) is 11.8 Å². The van der Waals surface area contributed by atoms with E-state index in [0.29, 0.717) is 11.3 Å². The number of likely N-dealkylation sites (tertiary alicyclic amines) is 1. The number of ether oxygens (including phenoxy) is 2. The summed E-state index contributed by atoms with van der Waals surface area (Å²) in [5.74, 6) is -1.77. The van der Waals surface area contributed by atoms with Crippen molar-refractivity contribution in [3.05, 3.63) is 42.0 Å². The molecule has 2 fully saturated rings. The van der Waals surface area contributed by atoms with E-state index in [0.717, 1.165) is 11.3 Å². The first-order valence-electron chi connectivity index (χ1n) is 8.86. The lowest BCUT2D eigenvalue weighted by atomic mass is 9.85. The molecule has 0 spiro atoms. The maximum atomic E-state index is 12.5. The van der Waals surface area contributed by atoms with Gasteiger partial charge in [0.25, 0.3) is 0 Å². The molecule has 1 aromatic rings. The zero-order valence-electron chi connectivity index (χ0n) is 14.8. The number of Topliss-reactive ketones (excluding diaryl/α,β-unsaturated/α-hetero) is 1. The SMILES string of the molecule is COc1cccc(C(=O)COC(=O)CN2C(=O)[C@@H]3[C@@H](C2=O)[C@H]2C=C[C@H]3C2)c1. The van der Waals surface area contributed by atoms with Gasteiger partial charge < -0.3 is 9.47 Å². The minimum absolute atomic E-state index is 0.0899. The van der Waals surface area contributed by atoms with E-state index in [1.807, 2.05) is 12.2 Å². The summed E-state index contributed by atoms with van der Waals surface area (Å²) in [5, 5.41) is 0. The molecule has 4 atom stereocenters. The molecule has 1 heterocycles. The number of fused-ring (bicyclic) bond motifs is 5. The number of hydrogen-bond donors (Lipinski definition) is 0. The zero-order valence-corrected chi connectivity index (χ0v) is 14.8. The molecule has 4 rings (SSSR count). The predicted octanol–water partition coefficient (Wildman–Crippen LogP) is 1.23. The Morgan fingerprint density at radius 2 is 1.78 bits per heavy atom. The van der Waals surface area contributed by atoms with Gasteiger partial charge in [0.1, 0.15) is 12.3 Å². The average Bonchev–Trinajstić information content (AvgIpc) is 3.36. The smallest absolute Gasteiger partial charge is 0.326 e. The van der Waals surface area contributed by atoms with E-state index in [9.17, 15) is 19.2 Å². The number of esters is 1. The van der Waals surface area contributed by atoms with E-state index in [4.69, 9.17) is 9.47 Å². The molecule has 1 saturated heterocycles. The number of rotatable bonds is 6. The number of imide groups is 1. The van der Waals surface area contributed by atoms with E-state index in [2.05, 4.69) is 0 Å². The number of nitrogens with zero attached hydrogens (tertiary/aromatic N) is 1. The van der Waals surface area contributed by atoms with Crippen LogP contribution in [0.5, 0.6) is 5.75 Å². The molecule has 2 bridgehead atoms. The molecule has 0 unspecified atom stereocenters. The molecule has 7 heteroatoms. The van der Waals surface area contributed by atoms with Gasteiger partial charge in [-0.15, -0.1) is 0 Å². The van der Waals surface area contributed by atoms with Crippen LogP contribution in [0.25, 0.3) is 0 Å². The van der Waals surface area contributed by atoms with Gasteiger partial charge in [-0.25, -0.2) is 0 Å². The van der Waals surface area contributed by atoms with Crippen LogP contribution in [0.4, 0.5) is 0 Å². The molecule has 2 amide bonds. The van der Waals surface area contributed by atoms with Crippen molar-refractivity contribution in [2.24, 2.45) is 23.7 Å². The van der Waals surface area contributed by atoms with Crippen LogP contribution in [-0.4, -0.2) is 48.7 Å². The Balaban J connectivity index is 1.34. The first kappa shape index (κ1) is 17.5. The number of allylic oxidation sites excluding steroid dienone is 2. The molecule has 27 heavy (non-hydrogen) atoms. The van der Waals surface area contributed by atoms with Crippen LogP contribution in [0, 0.1) is 23.7 Å². The van der Waals surface area contributed by atoms with Gasteiger partial charge in [0.05, 0.1) is 18.9 Å². The topological polar surface area (TPSA) is 90.0 Å². The Bertz CT molecular complexity index is 830. The lowest BCUT2D eigenvalue weighted by molar-refractivity contribution is -0.152.